The molecule has 4 rings (SSSR count). The third kappa shape index (κ3) is 3.41. The number of halogens is 1. The molecule has 1 atom stereocenters. The number of thiophene rings is 1. The number of nitrogens with zero attached hydrogens (tertiary/aromatic N) is 2. The minimum atomic E-state index is 0.00522. The van der Waals surface area contributed by atoms with Gasteiger partial charge in [0, 0.05) is 24.8 Å². The number of hydrogen-bond acceptors (Lipinski definition) is 4. The van der Waals surface area contributed by atoms with E-state index in [-0.39, 0.29) is 11.9 Å². The van der Waals surface area contributed by atoms with Crippen molar-refractivity contribution in [2.75, 3.05) is 18.4 Å². The fourth-order valence-electron chi connectivity index (χ4n) is 3.09. The van der Waals surface area contributed by atoms with Crippen molar-refractivity contribution < 1.29 is 4.79 Å². The summed E-state index contributed by atoms with van der Waals surface area (Å²) < 4.78 is 0.691. The molecule has 2 aromatic heterocycles. The molecule has 1 aliphatic heterocycles. The zero-order valence-electron chi connectivity index (χ0n) is 13.4. The molecule has 3 aromatic rings. The Kier molecular flexibility index (Phi) is 4.46. The van der Waals surface area contributed by atoms with E-state index in [9.17, 15) is 4.79 Å². The number of likely N-dealkylation sites (tertiary alicyclic amines) is 1. The second-order valence-electron chi connectivity index (χ2n) is 6.01. The van der Waals surface area contributed by atoms with E-state index < -0.39 is 0 Å². The molecule has 1 aliphatic rings. The normalized spacial score (nSPS) is 17.0. The molecule has 128 valence electrons. The second kappa shape index (κ2) is 6.90. The number of carbonyl (C=O) groups is 1. The fourth-order valence-corrected chi connectivity index (χ4v) is 4.14. The summed E-state index contributed by atoms with van der Waals surface area (Å²) in [5.74, 6) is 0.00522. The Morgan fingerprint density at radius 1 is 1.28 bits per heavy atom. The Bertz CT molecular complexity index is 876. The number of aromatic amines is 1. The number of benzene rings is 1. The molecular weight excluding hydrogens is 356 g/mol. The summed E-state index contributed by atoms with van der Waals surface area (Å²) in [6, 6.07) is 14.1. The highest BCUT2D eigenvalue weighted by atomic mass is 35.5. The molecule has 0 bridgehead atoms. The quantitative estimate of drug-likeness (QED) is 0.724. The van der Waals surface area contributed by atoms with Gasteiger partial charge in [0.1, 0.15) is 0 Å². The lowest BCUT2D eigenvalue weighted by atomic mass is 10.2. The molecule has 0 aliphatic carbocycles. The zero-order chi connectivity index (χ0) is 17.2. The number of hydrogen-bond donors (Lipinski definition) is 2. The molecule has 0 saturated carbocycles. The molecule has 0 radical (unpaired) electrons. The molecule has 3 heterocycles. The minimum Gasteiger partial charge on any atom is -0.380 e. The van der Waals surface area contributed by atoms with Crippen molar-refractivity contribution >= 4 is 34.5 Å². The predicted molar refractivity (Wildman–Crippen MR) is 101 cm³/mol. The Labute approximate surface area is 154 Å². The van der Waals surface area contributed by atoms with Gasteiger partial charge in [-0.25, -0.2) is 0 Å². The van der Waals surface area contributed by atoms with E-state index in [4.69, 9.17) is 11.6 Å². The predicted octanol–water partition coefficient (Wildman–Crippen LogP) is 4.12. The number of aromatic nitrogens is 2. The highest BCUT2D eigenvalue weighted by Crippen LogP contribution is 2.32. The van der Waals surface area contributed by atoms with Crippen molar-refractivity contribution in [3.63, 3.8) is 0 Å². The topological polar surface area (TPSA) is 61.0 Å². The molecule has 1 amide bonds. The molecular formula is C18H17ClN4OS. The maximum absolute atomic E-state index is 12.9. The van der Waals surface area contributed by atoms with Gasteiger partial charge < -0.3 is 10.2 Å². The minimum absolute atomic E-state index is 0.00522. The first-order valence-corrected chi connectivity index (χ1v) is 9.30. The molecule has 1 saturated heterocycles. The van der Waals surface area contributed by atoms with E-state index in [0.717, 1.165) is 29.2 Å². The van der Waals surface area contributed by atoms with Crippen LogP contribution in [0.1, 0.15) is 16.8 Å². The number of H-pyrrole nitrogens is 1. The summed E-state index contributed by atoms with van der Waals surface area (Å²) in [5, 5.41) is 10.5. The molecule has 1 aromatic carbocycles. The van der Waals surface area contributed by atoms with Gasteiger partial charge in [0.15, 0.2) is 0 Å². The summed E-state index contributed by atoms with van der Waals surface area (Å²) in [6.07, 6.45) is 2.53. The molecule has 1 fully saturated rings. The van der Waals surface area contributed by atoms with Gasteiger partial charge in [-0.3, -0.25) is 9.89 Å². The number of nitrogens with one attached hydrogen (secondary N) is 2. The lowest BCUT2D eigenvalue weighted by molar-refractivity contribution is 0.0792. The van der Waals surface area contributed by atoms with Crippen molar-refractivity contribution in [2.45, 2.75) is 12.5 Å². The average molecular weight is 373 g/mol. The van der Waals surface area contributed by atoms with Gasteiger partial charge in [0.05, 0.1) is 26.7 Å². The van der Waals surface area contributed by atoms with E-state index in [1.165, 1.54) is 11.3 Å². The molecule has 0 spiro atoms. The second-order valence-corrected chi connectivity index (χ2v) is 7.72. The van der Waals surface area contributed by atoms with Gasteiger partial charge in [-0.1, -0.05) is 29.8 Å². The van der Waals surface area contributed by atoms with Crippen LogP contribution in [0.15, 0.2) is 48.7 Å². The smallest absolute Gasteiger partial charge is 0.257 e. The van der Waals surface area contributed by atoms with Crippen molar-refractivity contribution in [2.24, 2.45) is 0 Å². The van der Waals surface area contributed by atoms with Crippen LogP contribution in [0.5, 0.6) is 0 Å². The maximum Gasteiger partial charge on any atom is 0.257 e. The van der Waals surface area contributed by atoms with E-state index in [2.05, 4.69) is 15.5 Å². The van der Waals surface area contributed by atoms with Crippen LogP contribution in [-0.4, -0.2) is 40.1 Å². The van der Waals surface area contributed by atoms with Crippen LogP contribution in [0.2, 0.25) is 4.34 Å². The fraction of sp³-hybridized carbons (Fsp3) is 0.222. The van der Waals surface area contributed by atoms with Gasteiger partial charge in [0.25, 0.3) is 5.91 Å². The SMILES string of the molecule is O=C(c1cn[nH]c1-c1ccc(Cl)s1)N1CCC(Nc2ccccc2)C1. The number of rotatable bonds is 4. The van der Waals surface area contributed by atoms with Gasteiger partial charge >= 0.3 is 0 Å². The van der Waals surface area contributed by atoms with Crippen molar-refractivity contribution in [3.05, 3.63) is 58.6 Å². The first-order chi connectivity index (χ1) is 12.2. The summed E-state index contributed by atoms with van der Waals surface area (Å²) in [4.78, 5) is 15.7. The van der Waals surface area contributed by atoms with Crippen LogP contribution in [0.4, 0.5) is 5.69 Å². The van der Waals surface area contributed by atoms with E-state index in [0.29, 0.717) is 16.4 Å². The number of carbonyl (C=O) groups excluding carboxylic acids is 1. The van der Waals surface area contributed by atoms with Crippen molar-refractivity contribution in [3.8, 4) is 10.6 Å². The number of amides is 1. The highest BCUT2D eigenvalue weighted by molar-refractivity contribution is 7.19. The van der Waals surface area contributed by atoms with Crippen LogP contribution in [0.25, 0.3) is 10.6 Å². The number of anilines is 1. The van der Waals surface area contributed by atoms with Crippen LogP contribution < -0.4 is 5.32 Å². The van der Waals surface area contributed by atoms with Crippen LogP contribution >= 0.6 is 22.9 Å². The average Bonchev–Trinajstić information content (AvgIpc) is 3.35. The Hall–Kier alpha value is -2.31. The monoisotopic (exact) mass is 372 g/mol. The van der Waals surface area contributed by atoms with Crippen molar-refractivity contribution in [1.29, 1.82) is 0 Å². The molecule has 25 heavy (non-hydrogen) atoms. The maximum atomic E-state index is 12.9. The Morgan fingerprint density at radius 3 is 2.88 bits per heavy atom. The third-order valence-electron chi connectivity index (χ3n) is 4.31. The Morgan fingerprint density at radius 2 is 2.12 bits per heavy atom. The standard InChI is InChI=1S/C18H17ClN4OS/c19-16-7-6-15(25-16)17-14(10-20-22-17)18(24)23-9-8-13(11-23)21-12-4-2-1-3-5-12/h1-7,10,13,21H,8-9,11H2,(H,20,22). The summed E-state index contributed by atoms with van der Waals surface area (Å²) in [6.45, 7) is 1.42. The van der Waals surface area contributed by atoms with Gasteiger partial charge in [-0.2, -0.15) is 5.10 Å². The van der Waals surface area contributed by atoms with Gasteiger partial charge in [-0.05, 0) is 30.7 Å². The molecule has 7 heteroatoms. The van der Waals surface area contributed by atoms with E-state index in [1.807, 2.05) is 47.4 Å². The lowest BCUT2D eigenvalue weighted by Gasteiger charge is -2.17. The zero-order valence-corrected chi connectivity index (χ0v) is 15.0. The summed E-state index contributed by atoms with van der Waals surface area (Å²) >= 11 is 7.45. The van der Waals surface area contributed by atoms with Gasteiger partial charge in [0.2, 0.25) is 0 Å². The van der Waals surface area contributed by atoms with Crippen LogP contribution in [0.3, 0.4) is 0 Å². The number of para-hydroxylation sites is 1. The molecule has 5 nitrogen and oxygen atoms in total. The first-order valence-electron chi connectivity index (χ1n) is 8.10. The largest absolute Gasteiger partial charge is 0.380 e. The lowest BCUT2D eigenvalue weighted by Crippen LogP contribution is -2.31. The van der Waals surface area contributed by atoms with E-state index >= 15 is 0 Å². The Balaban J connectivity index is 1.47. The van der Waals surface area contributed by atoms with Crippen LogP contribution in [-0.2, 0) is 0 Å². The highest BCUT2D eigenvalue weighted by Gasteiger charge is 2.29. The summed E-state index contributed by atoms with van der Waals surface area (Å²) in [5.41, 5.74) is 2.42. The first kappa shape index (κ1) is 16.2. The van der Waals surface area contributed by atoms with Crippen molar-refractivity contribution in [1.82, 2.24) is 15.1 Å². The molecule has 1 unspecified atom stereocenters. The van der Waals surface area contributed by atoms with E-state index in [1.54, 1.807) is 6.20 Å². The molecule has 2 N–H and O–H groups in total. The summed E-state index contributed by atoms with van der Waals surface area (Å²) in [7, 11) is 0. The third-order valence-corrected chi connectivity index (χ3v) is 5.56. The van der Waals surface area contributed by atoms with Gasteiger partial charge in [-0.15, -0.1) is 11.3 Å². The van der Waals surface area contributed by atoms with Crippen LogP contribution in [0, 0.1) is 0 Å².